The van der Waals surface area contributed by atoms with E-state index in [2.05, 4.69) is 62.5 Å². The number of thiophene rings is 5. The molecule has 0 aliphatic heterocycles. The van der Waals surface area contributed by atoms with Crippen molar-refractivity contribution in [3.05, 3.63) is 74.7 Å². The molecule has 0 amide bonds. The van der Waals surface area contributed by atoms with Crippen molar-refractivity contribution in [1.82, 2.24) is 0 Å². The molecule has 65 heavy (non-hydrogen) atoms. The third-order valence-electron chi connectivity index (χ3n) is 12.6. The molecule has 0 saturated carbocycles. The summed E-state index contributed by atoms with van der Waals surface area (Å²) in [7, 11) is 0. The predicted molar refractivity (Wildman–Crippen MR) is 287 cm³/mol. The third kappa shape index (κ3) is 17.3. The number of rotatable bonds is 35. The normalized spacial score (nSPS) is 11.8. The van der Waals surface area contributed by atoms with E-state index in [9.17, 15) is 15.2 Å². The molecule has 0 fully saturated rings. The molecular weight excluding hydrogens is 898 g/mol. The van der Waals surface area contributed by atoms with Gasteiger partial charge in [-0.3, -0.25) is 0 Å². The van der Waals surface area contributed by atoms with Crippen LogP contribution in [0.1, 0.15) is 209 Å². The van der Waals surface area contributed by atoms with E-state index in [1.54, 1.807) is 11.3 Å². The molecule has 0 unspecified atom stereocenters. The van der Waals surface area contributed by atoms with E-state index in [1.807, 2.05) is 40.1 Å². The van der Waals surface area contributed by atoms with Crippen LogP contribution in [0.3, 0.4) is 0 Å². The number of carboxylic acid groups (broad SMARTS) is 1. The molecule has 0 atom stereocenters. The number of halogens is 1. The van der Waals surface area contributed by atoms with Crippen LogP contribution >= 0.6 is 56.7 Å². The van der Waals surface area contributed by atoms with Crippen molar-refractivity contribution in [3.63, 3.8) is 0 Å². The zero-order chi connectivity index (χ0) is 46.1. The molecule has 5 aromatic heterocycles. The number of aliphatic carboxylic acids is 1. The summed E-state index contributed by atoms with van der Waals surface area (Å²) in [5.74, 6) is -1.53. The Morgan fingerprint density at radius 3 is 1.45 bits per heavy atom. The van der Waals surface area contributed by atoms with Crippen LogP contribution in [-0.2, 0) is 24.1 Å². The monoisotopic (exact) mass is 973 g/mol. The SMILES string of the molecule is CCCCCCCCCCCCc1cc(-c2cccs2)sc1-c1ccc(-c2sc(-c3sc(/C=C(\C#N)C(=O)O)c(CCCCCCCC)c3F)cc2CCCCCCCCCCCC)s1. The van der Waals surface area contributed by atoms with Gasteiger partial charge < -0.3 is 5.11 Å². The van der Waals surface area contributed by atoms with Crippen molar-refractivity contribution in [2.45, 2.75) is 207 Å². The number of aryl methyl sites for hydroxylation is 2. The lowest BCUT2D eigenvalue weighted by atomic mass is 10.0. The first-order valence-electron chi connectivity index (χ1n) is 25.4. The van der Waals surface area contributed by atoms with Crippen LogP contribution in [0.2, 0.25) is 0 Å². The highest BCUT2D eigenvalue weighted by Crippen LogP contribution is 2.49. The maximum atomic E-state index is 16.8. The van der Waals surface area contributed by atoms with E-state index >= 15 is 4.39 Å². The molecule has 3 nitrogen and oxygen atoms in total. The van der Waals surface area contributed by atoms with E-state index in [4.69, 9.17) is 0 Å². The Morgan fingerprint density at radius 1 is 0.554 bits per heavy atom. The minimum absolute atomic E-state index is 0.251. The first-order valence-corrected chi connectivity index (χ1v) is 29.6. The number of nitrogens with zero attached hydrogens (tertiary/aromatic N) is 1. The largest absolute Gasteiger partial charge is 0.477 e. The van der Waals surface area contributed by atoms with Gasteiger partial charge in [0.05, 0.1) is 4.88 Å². The Bertz CT molecular complexity index is 2180. The Morgan fingerprint density at radius 2 is 1.00 bits per heavy atom. The van der Waals surface area contributed by atoms with Crippen LogP contribution in [0.15, 0.2) is 47.4 Å². The average Bonchev–Trinajstić information content (AvgIpc) is 4.17. The third-order valence-corrected chi connectivity index (χ3v) is 18.8. The van der Waals surface area contributed by atoms with Gasteiger partial charge in [-0.15, -0.1) is 56.7 Å². The summed E-state index contributed by atoms with van der Waals surface area (Å²) >= 11 is 8.60. The second-order valence-corrected chi connectivity index (χ2v) is 23.2. The highest BCUT2D eigenvalue weighted by molar-refractivity contribution is 7.29. The molecule has 0 saturated heterocycles. The maximum Gasteiger partial charge on any atom is 0.346 e. The fourth-order valence-electron chi connectivity index (χ4n) is 8.81. The van der Waals surface area contributed by atoms with Crippen molar-refractivity contribution in [2.75, 3.05) is 0 Å². The minimum Gasteiger partial charge on any atom is -0.477 e. The van der Waals surface area contributed by atoms with Gasteiger partial charge in [0.25, 0.3) is 0 Å². The summed E-state index contributed by atoms with van der Waals surface area (Å²) in [4.78, 5) is 21.8. The molecule has 0 aliphatic carbocycles. The van der Waals surface area contributed by atoms with Gasteiger partial charge in [-0.05, 0) is 91.4 Å². The summed E-state index contributed by atoms with van der Waals surface area (Å²) in [6, 6.07) is 15.5. The van der Waals surface area contributed by atoms with Crippen LogP contribution in [0.5, 0.6) is 0 Å². The van der Waals surface area contributed by atoms with Crippen molar-refractivity contribution in [3.8, 4) is 45.1 Å². The Balaban J connectivity index is 1.40. The highest BCUT2D eigenvalue weighted by Gasteiger charge is 2.24. The summed E-state index contributed by atoms with van der Waals surface area (Å²) in [5, 5.41) is 21.6. The maximum absolute atomic E-state index is 16.8. The van der Waals surface area contributed by atoms with E-state index in [-0.39, 0.29) is 11.4 Å². The molecule has 5 rings (SSSR count). The fraction of sp³-hybridized carbons (Fsp3) is 0.571. The molecule has 0 spiro atoms. The lowest BCUT2D eigenvalue weighted by Gasteiger charge is -2.04. The fourth-order valence-corrected chi connectivity index (χ4v) is 14.6. The first-order chi connectivity index (χ1) is 31.9. The zero-order valence-corrected chi connectivity index (χ0v) is 43.9. The van der Waals surface area contributed by atoms with Gasteiger partial charge in [-0.25, -0.2) is 9.18 Å². The highest BCUT2D eigenvalue weighted by atomic mass is 32.1. The molecule has 0 aliphatic rings. The number of hydrogen-bond acceptors (Lipinski definition) is 7. The van der Waals surface area contributed by atoms with Crippen LogP contribution in [0.25, 0.3) is 45.1 Å². The number of nitriles is 1. The van der Waals surface area contributed by atoms with Gasteiger partial charge in [0, 0.05) is 44.6 Å². The van der Waals surface area contributed by atoms with Gasteiger partial charge in [-0.1, -0.05) is 175 Å². The van der Waals surface area contributed by atoms with Gasteiger partial charge in [0.1, 0.15) is 17.5 Å². The minimum atomic E-state index is -1.28. The second-order valence-electron chi connectivity index (χ2n) is 18.0. The van der Waals surface area contributed by atoms with Gasteiger partial charge in [0.15, 0.2) is 0 Å². The van der Waals surface area contributed by atoms with E-state index in [1.165, 1.54) is 199 Å². The lowest BCUT2D eigenvalue weighted by Crippen LogP contribution is -1.98. The molecule has 9 heteroatoms. The first kappa shape index (κ1) is 53.1. The van der Waals surface area contributed by atoms with Crippen LogP contribution in [-0.4, -0.2) is 11.1 Å². The molecule has 5 heterocycles. The van der Waals surface area contributed by atoms with Crippen LogP contribution < -0.4 is 0 Å². The average molecular weight is 975 g/mol. The summed E-state index contributed by atoms with van der Waals surface area (Å²) in [6.07, 6.45) is 36.6. The van der Waals surface area contributed by atoms with Crippen molar-refractivity contribution in [1.29, 1.82) is 5.26 Å². The number of unbranched alkanes of at least 4 members (excludes halogenated alkanes) is 23. The van der Waals surface area contributed by atoms with Crippen molar-refractivity contribution < 1.29 is 14.3 Å². The van der Waals surface area contributed by atoms with Gasteiger partial charge >= 0.3 is 5.97 Å². The Kier molecular flexibility index (Phi) is 24.9. The van der Waals surface area contributed by atoms with Gasteiger partial charge in [-0.2, -0.15) is 5.26 Å². The van der Waals surface area contributed by atoms with E-state index in [0.29, 0.717) is 21.7 Å². The predicted octanol–water partition coefficient (Wildman–Crippen LogP) is 20.6. The molecule has 0 aromatic carbocycles. The lowest BCUT2D eigenvalue weighted by molar-refractivity contribution is -0.132. The summed E-state index contributed by atoms with van der Waals surface area (Å²) < 4.78 is 16.8. The topological polar surface area (TPSA) is 61.1 Å². The zero-order valence-electron chi connectivity index (χ0n) is 39.8. The molecule has 354 valence electrons. The van der Waals surface area contributed by atoms with Crippen LogP contribution in [0, 0.1) is 17.1 Å². The molecule has 1 N–H and O–H groups in total. The number of hydrogen-bond donors (Lipinski definition) is 1. The van der Waals surface area contributed by atoms with E-state index < -0.39 is 5.97 Å². The molecule has 0 radical (unpaired) electrons. The summed E-state index contributed by atoms with van der Waals surface area (Å²) in [5.41, 5.74) is 2.93. The number of carbonyl (C=O) groups is 1. The molecular formula is C56H76FNO2S5. The second kappa shape index (κ2) is 30.5. The molecule has 5 aromatic rings. The van der Waals surface area contributed by atoms with Crippen LogP contribution in [0.4, 0.5) is 4.39 Å². The molecule has 0 bridgehead atoms. The number of carboxylic acids is 1. The Labute approximate surface area is 412 Å². The van der Waals surface area contributed by atoms with Crippen molar-refractivity contribution >= 4 is 68.7 Å². The standard InChI is InChI=1S/C56H76FNO2S5/c1-4-7-10-13-16-18-20-22-24-27-31-42-38-50(46-34-30-37-61-46)64-53(42)47-35-36-48(62-47)54-43(32-28-25-23-21-19-17-14-11-8-5-2)39-51(65-54)55-52(57)45(33-29-26-15-12-9-6-3)49(63-55)40-44(41-58)56(59)60/h30,34-40H,4-29,31-33H2,1-3H3,(H,59,60)/b44-40+. The smallest absolute Gasteiger partial charge is 0.346 e. The van der Waals surface area contributed by atoms with Crippen molar-refractivity contribution in [2.24, 2.45) is 0 Å². The summed E-state index contributed by atoms with van der Waals surface area (Å²) in [6.45, 7) is 6.76. The quantitative estimate of drug-likeness (QED) is 0.0250. The Hall–Kier alpha value is -2.87. The van der Waals surface area contributed by atoms with Gasteiger partial charge in [0.2, 0.25) is 0 Å². The van der Waals surface area contributed by atoms with E-state index in [0.717, 1.165) is 43.4 Å².